The molecule has 2 aliphatic carbocycles. The van der Waals surface area contributed by atoms with Crippen LogP contribution >= 0.6 is 0 Å². The number of aromatic nitrogens is 2. The molecule has 2 atom stereocenters. The number of carbonyl (C=O) groups excluding carboxylic acids is 1. The molecular formula is C24H35N5O3. The Morgan fingerprint density at radius 1 is 1.16 bits per heavy atom. The minimum Gasteiger partial charge on any atom is -0.383 e. The van der Waals surface area contributed by atoms with E-state index in [1.165, 1.54) is 38.5 Å². The van der Waals surface area contributed by atoms with Gasteiger partial charge in [-0.3, -0.25) is 13.9 Å². The van der Waals surface area contributed by atoms with Crippen molar-refractivity contribution in [2.24, 2.45) is 18.4 Å². The third-order valence-corrected chi connectivity index (χ3v) is 8.22. The van der Waals surface area contributed by atoms with Gasteiger partial charge in [0.25, 0.3) is 0 Å². The molecule has 2 aromatic rings. The number of carbonyl (C=O) groups is 1. The Morgan fingerprint density at radius 2 is 1.91 bits per heavy atom. The number of hydrogen-bond donors (Lipinski definition) is 4. The van der Waals surface area contributed by atoms with E-state index in [0.717, 1.165) is 23.3 Å². The highest BCUT2D eigenvalue weighted by atomic mass is 16.3. The normalized spacial score (nSPS) is 32.7. The molecule has 4 N–H and O–H groups in total. The van der Waals surface area contributed by atoms with Gasteiger partial charge in [-0.25, -0.2) is 4.79 Å². The van der Waals surface area contributed by atoms with Crippen LogP contribution in [-0.2, 0) is 11.8 Å². The van der Waals surface area contributed by atoms with Gasteiger partial charge in [-0.05, 0) is 81.9 Å². The molecule has 1 aromatic heterocycles. The number of aliphatic hydroxyl groups excluding tert-OH is 1. The number of aryl methyl sites for hydroxylation is 1. The number of nitrogens with one attached hydrogen (secondary N) is 3. The molecule has 1 saturated heterocycles. The lowest BCUT2D eigenvalue weighted by atomic mass is 9.55. The summed E-state index contributed by atoms with van der Waals surface area (Å²) in [5, 5.41) is 19.3. The number of hydrogen-bond acceptors (Lipinski definition) is 5. The second-order valence-corrected chi connectivity index (χ2v) is 10.2. The van der Waals surface area contributed by atoms with Gasteiger partial charge in [0.15, 0.2) is 0 Å². The molecule has 8 nitrogen and oxygen atoms in total. The fourth-order valence-electron chi connectivity index (χ4n) is 6.40. The highest BCUT2D eigenvalue weighted by Gasteiger charge is 2.45. The van der Waals surface area contributed by atoms with E-state index >= 15 is 0 Å². The number of fused-ring (bicyclic) bond motifs is 1. The minimum absolute atomic E-state index is 0.199. The topological polar surface area (TPSA) is 100 Å². The Bertz CT molecular complexity index is 1060. The van der Waals surface area contributed by atoms with Crippen LogP contribution in [0.15, 0.2) is 23.0 Å². The molecular weight excluding hydrogens is 406 g/mol. The lowest BCUT2D eigenvalue weighted by Gasteiger charge is -2.52. The van der Waals surface area contributed by atoms with Crippen LogP contribution in [0.1, 0.15) is 57.4 Å². The van der Waals surface area contributed by atoms with Crippen molar-refractivity contribution in [3.05, 3.63) is 28.7 Å². The fraction of sp³-hybridized carbons (Fsp3) is 0.667. The maximum atomic E-state index is 13.1. The van der Waals surface area contributed by atoms with Crippen molar-refractivity contribution in [3.8, 4) is 0 Å². The molecule has 32 heavy (non-hydrogen) atoms. The van der Waals surface area contributed by atoms with Crippen molar-refractivity contribution >= 4 is 22.6 Å². The summed E-state index contributed by atoms with van der Waals surface area (Å²) < 4.78 is 3.22. The van der Waals surface area contributed by atoms with Crippen molar-refractivity contribution in [2.75, 3.05) is 18.9 Å². The second kappa shape index (κ2) is 8.23. The van der Waals surface area contributed by atoms with Crippen LogP contribution in [0.4, 0.5) is 5.69 Å². The van der Waals surface area contributed by atoms with E-state index in [2.05, 4.69) is 23.0 Å². The van der Waals surface area contributed by atoms with Gasteiger partial charge < -0.3 is 21.1 Å². The minimum atomic E-state index is -0.833. The number of amides is 1. The quantitative estimate of drug-likeness (QED) is 0.569. The highest BCUT2D eigenvalue weighted by molar-refractivity contribution is 5.91. The third kappa shape index (κ3) is 3.63. The van der Waals surface area contributed by atoms with Gasteiger partial charge in [0.2, 0.25) is 5.91 Å². The first-order valence-corrected chi connectivity index (χ1v) is 12.0. The molecule has 2 unspecified atom stereocenters. The average Bonchev–Trinajstić information content (AvgIpc) is 3.02. The molecule has 8 heteroatoms. The van der Waals surface area contributed by atoms with Gasteiger partial charge in [0.1, 0.15) is 12.3 Å². The first-order chi connectivity index (χ1) is 15.4. The zero-order valence-corrected chi connectivity index (χ0v) is 19.1. The van der Waals surface area contributed by atoms with Crippen LogP contribution in [0.5, 0.6) is 0 Å². The Morgan fingerprint density at radius 3 is 2.59 bits per heavy atom. The lowest BCUT2D eigenvalue weighted by Crippen LogP contribution is -2.46. The van der Waals surface area contributed by atoms with Crippen molar-refractivity contribution in [1.82, 2.24) is 19.8 Å². The number of nitrogens with zero attached hydrogens (tertiary/aromatic N) is 2. The summed E-state index contributed by atoms with van der Waals surface area (Å²) in [7, 11) is 3.84. The maximum absolute atomic E-state index is 13.1. The summed E-state index contributed by atoms with van der Waals surface area (Å²) in [6, 6.07) is 5.96. The summed E-state index contributed by atoms with van der Waals surface area (Å²) in [5.41, 5.74) is 2.89. The van der Waals surface area contributed by atoms with E-state index in [-0.39, 0.29) is 11.6 Å². The van der Waals surface area contributed by atoms with Gasteiger partial charge in [-0.1, -0.05) is 6.07 Å². The van der Waals surface area contributed by atoms with Crippen LogP contribution < -0.4 is 21.6 Å². The van der Waals surface area contributed by atoms with Gasteiger partial charge >= 0.3 is 5.69 Å². The number of para-hydroxylation sites is 1. The van der Waals surface area contributed by atoms with Crippen LogP contribution in [0.25, 0.3) is 11.0 Å². The Balaban J connectivity index is 1.31. The second-order valence-electron chi connectivity index (χ2n) is 10.2. The number of aliphatic hydroxyl groups is 1. The zero-order valence-electron chi connectivity index (χ0n) is 19.1. The summed E-state index contributed by atoms with van der Waals surface area (Å²) in [6.07, 6.45) is 7.88. The van der Waals surface area contributed by atoms with Crippen molar-refractivity contribution < 1.29 is 9.90 Å². The summed E-state index contributed by atoms with van der Waals surface area (Å²) in [6.45, 7) is 0.909. The molecule has 3 aliphatic rings. The van der Waals surface area contributed by atoms with Gasteiger partial charge in [-0.2, -0.15) is 0 Å². The van der Waals surface area contributed by atoms with Crippen molar-refractivity contribution in [2.45, 2.75) is 69.7 Å². The predicted octanol–water partition coefficient (Wildman–Crippen LogP) is 2.08. The Hall–Kier alpha value is -2.32. The Kier molecular flexibility index (Phi) is 5.53. The molecule has 1 aromatic carbocycles. The standard InChI is InChI=1S/C24H35N5O3/c1-25-16-8-10-24(11-9-16)12-15(13-24)14-26-17-4-3-5-18-21(17)28(2)23(32)29(18)19-6-7-20(30)27-22(19)31/h3-5,15-16,19-20,25-26,30H,6-14H2,1-2H3,(H,27,31)/t15-,16-,19?,20?,24?. The van der Waals surface area contributed by atoms with Crippen LogP contribution in [0, 0.1) is 11.3 Å². The predicted molar refractivity (Wildman–Crippen MR) is 125 cm³/mol. The molecule has 174 valence electrons. The van der Waals surface area contributed by atoms with Crippen LogP contribution in [0.2, 0.25) is 0 Å². The molecule has 0 bridgehead atoms. The number of benzene rings is 1. The number of rotatable bonds is 5. The molecule has 5 rings (SSSR count). The number of imidazole rings is 1. The SMILES string of the molecule is CN[C@H]1CCC2(CC1)C[C@@H](CNc1cccc3c1n(C)c(=O)n3C1CCC(O)NC1=O)C2. The molecule has 2 saturated carbocycles. The first-order valence-electron chi connectivity index (χ1n) is 12.0. The summed E-state index contributed by atoms with van der Waals surface area (Å²) in [5.74, 6) is 0.366. The third-order valence-electron chi connectivity index (χ3n) is 8.22. The van der Waals surface area contributed by atoms with Gasteiger partial charge in [-0.15, -0.1) is 0 Å². The Labute approximate surface area is 188 Å². The highest BCUT2D eigenvalue weighted by Crippen LogP contribution is 2.54. The van der Waals surface area contributed by atoms with Crippen molar-refractivity contribution in [3.63, 3.8) is 0 Å². The monoisotopic (exact) mass is 441 g/mol. The summed E-state index contributed by atoms with van der Waals surface area (Å²) >= 11 is 0. The maximum Gasteiger partial charge on any atom is 0.329 e. The molecule has 1 amide bonds. The lowest BCUT2D eigenvalue weighted by molar-refractivity contribution is -0.130. The van der Waals surface area contributed by atoms with E-state index in [4.69, 9.17) is 0 Å². The molecule has 2 heterocycles. The van der Waals surface area contributed by atoms with E-state index in [1.54, 1.807) is 16.2 Å². The van der Waals surface area contributed by atoms with Crippen LogP contribution in [-0.4, -0.2) is 46.0 Å². The van der Waals surface area contributed by atoms with E-state index < -0.39 is 12.3 Å². The smallest absolute Gasteiger partial charge is 0.329 e. The molecule has 3 fully saturated rings. The van der Waals surface area contributed by atoms with E-state index in [9.17, 15) is 14.7 Å². The number of anilines is 1. The molecule has 0 radical (unpaired) electrons. The van der Waals surface area contributed by atoms with Crippen LogP contribution in [0.3, 0.4) is 0 Å². The summed E-state index contributed by atoms with van der Waals surface area (Å²) in [4.78, 5) is 25.6. The molecule has 1 spiro atoms. The molecule has 1 aliphatic heterocycles. The van der Waals surface area contributed by atoms with Gasteiger partial charge in [0.05, 0.1) is 16.7 Å². The fourth-order valence-corrected chi connectivity index (χ4v) is 6.40. The van der Waals surface area contributed by atoms with Gasteiger partial charge in [0, 0.05) is 19.6 Å². The average molecular weight is 442 g/mol. The largest absolute Gasteiger partial charge is 0.383 e. The number of piperidine rings is 1. The van der Waals surface area contributed by atoms with Crippen molar-refractivity contribution in [1.29, 1.82) is 0 Å². The zero-order chi connectivity index (χ0) is 22.5. The first kappa shape index (κ1) is 21.5. The van der Waals surface area contributed by atoms with E-state index in [0.29, 0.717) is 30.2 Å². The van der Waals surface area contributed by atoms with E-state index in [1.807, 2.05) is 18.2 Å².